The molecule has 0 saturated carbocycles. The molecule has 7 nitrogen and oxygen atoms in total. The van der Waals surface area contributed by atoms with Crippen LogP contribution in [0.15, 0.2) is 59.7 Å². The summed E-state index contributed by atoms with van der Waals surface area (Å²) in [6.45, 7) is -0.0390. The number of hydrogen-bond acceptors (Lipinski definition) is 5. The fourth-order valence-corrected chi connectivity index (χ4v) is 3.36. The third kappa shape index (κ3) is 3.34. The summed E-state index contributed by atoms with van der Waals surface area (Å²) in [6, 6.07) is 9.91. The maximum atomic E-state index is 14.8. The Bertz CT molecular complexity index is 1110. The molecule has 0 aliphatic carbocycles. The highest BCUT2D eigenvalue weighted by Gasteiger charge is 2.32. The molecule has 2 atom stereocenters. The van der Waals surface area contributed by atoms with Crippen molar-refractivity contribution in [3.63, 3.8) is 0 Å². The zero-order chi connectivity index (χ0) is 20.5. The number of anilines is 1. The first kappa shape index (κ1) is 19.0. The Hall–Kier alpha value is -3.30. The molecule has 2 unspecified atom stereocenters. The summed E-state index contributed by atoms with van der Waals surface area (Å²) < 4.78 is 36.3. The number of aliphatic hydroxyl groups excluding tert-OH is 1. The van der Waals surface area contributed by atoms with Crippen LogP contribution in [0.5, 0.6) is 0 Å². The molecule has 1 saturated heterocycles. The number of carbonyl (C=O) groups is 1. The Labute approximate surface area is 164 Å². The smallest absolute Gasteiger partial charge is 0.337 e. The number of nitrogens with zero attached hydrogens (tertiary/aromatic N) is 3. The zero-order valence-corrected chi connectivity index (χ0v) is 15.1. The van der Waals surface area contributed by atoms with E-state index in [9.17, 15) is 23.5 Å². The number of aliphatic hydroxyl groups is 1. The summed E-state index contributed by atoms with van der Waals surface area (Å²) in [4.78, 5) is 25.4. The Morgan fingerprint density at radius 3 is 2.38 bits per heavy atom. The predicted molar refractivity (Wildman–Crippen MR) is 100 cm³/mol. The van der Waals surface area contributed by atoms with Gasteiger partial charge in [-0.1, -0.05) is 12.1 Å². The molecule has 1 aliphatic rings. The van der Waals surface area contributed by atoms with Crippen LogP contribution in [0, 0.1) is 11.6 Å². The number of carbonyl (C=O) groups excluding carboxylic acids is 1. The SMILES string of the molecule is O=CC1OC(CO)CN1c1ccc(-n2ccn(-c3ccccc3F)c2=O)c(F)c1. The van der Waals surface area contributed by atoms with Crippen LogP contribution in [0.4, 0.5) is 14.5 Å². The number of aromatic nitrogens is 2. The van der Waals surface area contributed by atoms with Crippen LogP contribution in [0.3, 0.4) is 0 Å². The third-order valence-electron chi connectivity index (χ3n) is 4.77. The number of ether oxygens (including phenoxy) is 1. The lowest BCUT2D eigenvalue weighted by Gasteiger charge is -2.21. The molecule has 150 valence electrons. The number of imidazole rings is 1. The lowest BCUT2D eigenvalue weighted by Crippen LogP contribution is -2.31. The van der Waals surface area contributed by atoms with Crippen LogP contribution in [-0.4, -0.2) is 46.0 Å². The van der Waals surface area contributed by atoms with Crippen LogP contribution >= 0.6 is 0 Å². The average molecular weight is 401 g/mol. The minimum atomic E-state index is -0.928. The molecule has 0 amide bonds. The van der Waals surface area contributed by atoms with E-state index >= 15 is 0 Å². The molecule has 9 heteroatoms. The topological polar surface area (TPSA) is 76.7 Å². The van der Waals surface area contributed by atoms with Gasteiger partial charge in [0.05, 0.1) is 18.0 Å². The lowest BCUT2D eigenvalue weighted by atomic mass is 10.2. The van der Waals surface area contributed by atoms with E-state index in [1.54, 1.807) is 12.1 Å². The van der Waals surface area contributed by atoms with E-state index in [-0.39, 0.29) is 24.5 Å². The molecule has 0 bridgehead atoms. The highest BCUT2D eigenvalue weighted by atomic mass is 19.1. The molecular weight excluding hydrogens is 384 g/mol. The summed E-state index contributed by atoms with van der Waals surface area (Å²) in [5, 5.41) is 9.23. The minimum absolute atomic E-state index is 0.0182. The molecule has 1 aliphatic heterocycles. The Morgan fingerprint density at radius 2 is 1.76 bits per heavy atom. The average Bonchev–Trinajstić information content (AvgIpc) is 3.32. The third-order valence-corrected chi connectivity index (χ3v) is 4.77. The molecular formula is C20H17F2N3O4. The minimum Gasteiger partial charge on any atom is -0.394 e. The number of aldehydes is 1. The van der Waals surface area contributed by atoms with Crippen molar-refractivity contribution < 1.29 is 23.4 Å². The van der Waals surface area contributed by atoms with E-state index < -0.39 is 29.7 Å². The molecule has 1 aromatic heterocycles. The van der Waals surface area contributed by atoms with Crippen molar-refractivity contribution in [2.45, 2.75) is 12.3 Å². The monoisotopic (exact) mass is 401 g/mol. The summed E-state index contributed by atoms with van der Waals surface area (Å²) >= 11 is 0. The van der Waals surface area contributed by atoms with Gasteiger partial charge in [-0.05, 0) is 30.3 Å². The highest BCUT2D eigenvalue weighted by Crippen LogP contribution is 2.27. The van der Waals surface area contributed by atoms with Crippen molar-refractivity contribution in [2.24, 2.45) is 0 Å². The second-order valence-electron chi connectivity index (χ2n) is 6.53. The number of rotatable bonds is 5. The van der Waals surface area contributed by atoms with Gasteiger partial charge in [0.25, 0.3) is 0 Å². The van der Waals surface area contributed by atoms with Crippen molar-refractivity contribution in [1.82, 2.24) is 9.13 Å². The van der Waals surface area contributed by atoms with Gasteiger partial charge in [0.15, 0.2) is 12.5 Å². The van der Waals surface area contributed by atoms with E-state index in [4.69, 9.17) is 4.74 Å². The number of halogens is 2. The van der Waals surface area contributed by atoms with Crippen LogP contribution in [0.25, 0.3) is 11.4 Å². The second kappa shape index (κ2) is 7.61. The predicted octanol–water partition coefficient (Wildman–Crippen LogP) is 1.63. The van der Waals surface area contributed by atoms with E-state index in [0.717, 1.165) is 9.13 Å². The van der Waals surface area contributed by atoms with E-state index in [2.05, 4.69) is 0 Å². The second-order valence-corrected chi connectivity index (χ2v) is 6.53. The maximum absolute atomic E-state index is 14.8. The fourth-order valence-electron chi connectivity index (χ4n) is 3.36. The van der Waals surface area contributed by atoms with E-state index in [0.29, 0.717) is 12.0 Å². The van der Waals surface area contributed by atoms with Gasteiger partial charge in [0, 0.05) is 24.6 Å². The summed E-state index contributed by atoms with van der Waals surface area (Å²) in [7, 11) is 0. The zero-order valence-electron chi connectivity index (χ0n) is 15.1. The van der Waals surface area contributed by atoms with E-state index in [1.807, 2.05) is 0 Å². The summed E-state index contributed by atoms with van der Waals surface area (Å²) in [5.41, 5.74) is -0.208. The Balaban J connectivity index is 1.69. The van der Waals surface area contributed by atoms with Gasteiger partial charge in [-0.15, -0.1) is 0 Å². The molecule has 2 aromatic carbocycles. The largest absolute Gasteiger partial charge is 0.394 e. The van der Waals surface area contributed by atoms with Crippen LogP contribution in [0.1, 0.15) is 0 Å². The van der Waals surface area contributed by atoms with Crippen LogP contribution in [-0.2, 0) is 9.53 Å². The number of para-hydroxylation sites is 1. The van der Waals surface area contributed by atoms with Crippen molar-refractivity contribution >= 4 is 12.0 Å². The van der Waals surface area contributed by atoms with Gasteiger partial charge >= 0.3 is 5.69 Å². The first-order valence-electron chi connectivity index (χ1n) is 8.86. The number of benzene rings is 2. The maximum Gasteiger partial charge on any atom is 0.337 e. The van der Waals surface area contributed by atoms with Crippen molar-refractivity contribution in [2.75, 3.05) is 18.1 Å². The standard InChI is InChI=1S/C20H17F2N3O4/c21-15-3-1-2-4-17(15)23-7-8-24(20(23)28)18-6-5-13(9-16(18)22)25-10-14(11-26)29-19(25)12-27/h1-9,12,14,19,26H,10-11H2. The van der Waals surface area contributed by atoms with Gasteiger partial charge in [-0.3, -0.25) is 13.9 Å². The molecule has 2 heterocycles. The van der Waals surface area contributed by atoms with Crippen molar-refractivity contribution in [1.29, 1.82) is 0 Å². The summed E-state index contributed by atoms with van der Waals surface area (Å²) in [6.07, 6.45) is 1.80. The van der Waals surface area contributed by atoms with Gasteiger partial charge in [0.1, 0.15) is 17.7 Å². The Morgan fingerprint density at radius 1 is 1.07 bits per heavy atom. The fraction of sp³-hybridized carbons (Fsp3) is 0.200. The van der Waals surface area contributed by atoms with Crippen LogP contribution < -0.4 is 10.6 Å². The molecule has 1 fully saturated rings. The van der Waals surface area contributed by atoms with Gasteiger partial charge in [-0.25, -0.2) is 13.6 Å². The van der Waals surface area contributed by atoms with E-state index in [1.165, 1.54) is 47.6 Å². The Kier molecular flexibility index (Phi) is 4.99. The highest BCUT2D eigenvalue weighted by molar-refractivity contribution is 5.66. The first-order valence-corrected chi connectivity index (χ1v) is 8.86. The molecule has 29 heavy (non-hydrogen) atoms. The molecule has 0 spiro atoms. The van der Waals surface area contributed by atoms with Crippen molar-refractivity contribution in [3.05, 3.63) is 77.0 Å². The lowest BCUT2D eigenvalue weighted by molar-refractivity contribution is -0.117. The van der Waals surface area contributed by atoms with Gasteiger partial charge in [0.2, 0.25) is 0 Å². The quantitative estimate of drug-likeness (QED) is 0.658. The van der Waals surface area contributed by atoms with Gasteiger partial charge < -0.3 is 14.7 Å². The molecule has 1 N–H and O–H groups in total. The molecule has 3 aromatic rings. The van der Waals surface area contributed by atoms with Crippen LogP contribution in [0.2, 0.25) is 0 Å². The van der Waals surface area contributed by atoms with Gasteiger partial charge in [-0.2, -0.15) is 0 Å². The first-order chi connectivity index (χ1) is 14.0. The normalized spacial score (nSPS) is 18.9. The van der Waals surface area contributed by atoms with Crippen molar-refractivity contribution in [3.8, 4) is 11.4 Å². The summed E-state index contributed by atoms with van der Waals surface area (Å²) in [5.74, 6) is -1.27. The molecule has 0 radical (unpaired) electrons. The number of hydrogen-bond donors (Lipinski definition) is 1. The molecule has 4 rings (SSSR count).